The summed E-state index contributed by atoms with van der Waals surface area (Å²) in [6.45, 7) is -9.21. The summed E-state index contributed by atoms with van der Waals surface area (Å²) in [5.74, 6) is 0. The van der Waals surface area contributed by atoms with Crippen LogP contribution in [0.2, 0.25) is 0 Å². The van der Waals surface area contributed by atoms with E-state index in [9.17, 15) is 0 Å². The number of benzene rings is 6. The Bertz CT molecular complexity index is 3500. The van der Waals surface area contributed by atoms with Crippen molar-refractivity contribution in [2.75, 3.05) is 0 Å². The molecule has 0 saturated carbocycles. The number of hydrogen-bond donors (Lipinski definition) is 0. The molecule has 283 valence electrons. The van der Waals surface area contributed by atoms with Crippen LogP contribution in [0.5, 0.6) is 0 Å². The molecule has 0 aliphatic heterocycles. The molecule has 4 nitrogen and oxygen atoms in total. The summed E-state index contributed by atoms with van der Waals surface area (Å²) in [4.78, 5) is 13.0. The van der Waals surface area contributed by atoms with Crippen molar-refractivity contribution in [2.45, 2.75) is 27.4 Å². The van der Waals surface area contributed by atoms with Gasteiger partial charge in [-0.3, -0.25) is 0 Å². The summed E-state index contributed by atoms with van der Waals surface area (Å²) in [5.41, 5.74) is 8.25. The molecule has 0 N–H and O–H groups in total. The molecule has 0 atom stereocenters. The third-order valence-corrected chi connectivity index (χ3v) is 9.83. The second-order valence-corrected chi connectivity index (χ2v) is 13.4. The van der Waals surface area contributed by atoms with Crippen molar-refractivity contribution in [3.63, 3.8) is 0 Å². The zero-order chi connectivity index (χ0) is 48.9. The number of hydrogen-bond acceptors (Lipinski definition) is 4. The molecule has 10 rings (SSSR count). The van der Waals surface area contributed by atoms with E-state index in [1.807, 2.05) is 103 Å². The second-order valence-electron chi connectivity index (χ2n) is 13.4. The van der Waals surface area contributed by atoms with Gasteiger partial charge in [-0.15, -0.1) is 47.5 Å². The Labute approximate surface area is 369 Å². The third-order valence-electron chi connectivity index (χ3n) is 9.83. The van der Waals surface area contributed by atoms with Crippen LogP contribution in [0.3, 0.4) is 0 Å². The maximum absolute atomic E-state index is 8.46. The Morgan fingerprint density at radius 3 is 2.21 bits per heavy atom. The first-order chi connectivity index (χ1) is 32.7. The van der Waals surface area contributed by atoms with E-state index in [0.717, 1.165) is 27.5 Å². The van der Waals surface area contributed by atoms with Crippen LogP contribution < -0.4 is 0 Å². The summed E-state index contributed by atoms with van der Waals surface area (Å²) in [6, 6.07) is 51.8. The first kappa shape index (κ1) is 26.4. The molecule has 58 heavy (non-hydrogen) atoms. The van der Waals surface area contributed by atoms with Crippen LogP contribution in [-0.2, 0) is 20.1 Å². The van der Waals surface area contributed by atoms with Crippen LogP contribution in [0.15, 0.2) is 168 Å². The molecule has 1 radical (unpaired) electrons. The Morgan fingerprint density at radius 2 is 1.43 bits per heavy atom. The van der Waals surface area contributed by atoms with Crippen LogP contribution in [0.1, 0.15) is 38.8 Å². The molecule has 4 heterocycles. The van der Waals surface area contributed by atoms with Gasteiger partial charge in [0.25, 0.3) is 0 Å². The third kappa shape index (κ3) is 7.63. The van der Waals surface area contributed by atoms with Gasteiger partial charge in [-0.05, 0) is 106 Å². The number of nitrogens with zero attached hydrogens (tertiary/aromatic N) is 3. The van der Waals surface area contributed by atoms with Crippen molar-refractivity contribution < 1.29 is 41.0 Å². The SMILES string of the molecule is [2H]C([2H])([2H])c1ccc(-c2[c-]cc(C([2H])([2H])[2H])c(-c3ccccc3)c2)nc1.[2H]C([2H])([2H])c1ccc2c(n1)oc1c(-c3cc(-c4ccc5cc(-c6ccccc6)ccc5c4C([2H])([2H])[2H])ccn3)[c-]ccc12.[Ir]. The number of rotatable bonds is 5. The molecule has 10 aromatic rings. The molecule has 0 saturated heterocycles. The Balaban J connectivity index is 0.000000210. The van der Waals surface area contributed by atoms with Gasteiger partial charge in [0.2, 0.25) is 5.71 Å². The topological polar surface area (TPSA) is 51.8 Å². The maximum Gasteiger partial charge on any atom is 0.216 e. The minimum atomic E-state index is -2.37. The number of fused-ring (bicyclic) bond motifs is 4. The van der Waals surface area contributed by atoms with Gasteiger partial charge < -0.3 is 14.4 Å². The van der Waals surface area contributed by atoms with E-state index < -0.39 is 27.4 Å². The first-order valence-corrected chi connectivity index (χ1v) is 18.2. The molecule has 6 aromatic carbocycles. The average molecular weight is 938 g/mol. The summed E-state index contributed by atoms with van der Waals surface area (Å²) >= 11 is 0. The van der Waals surface area contributed by atoms with E-state index in [4.69, 9.17) is 20.9 Å². The first-order valence-electron chi connectivity index (χ1n) is 24.2. The van der Waals surface area contributed by atoms with Gasteiger partial charge >= 0.3 is 0 Å². The summed E-state index contributed by atoms with van der Waals surface area (Å²) in [5, 5.41) is 2.94. The summed E-state index contributed by atoms with van der Waals surface area (Å²) in [6.07, 6.45) is 2.95. The number of pyridine rings is 3. The van der Waals surface area contributed by atoms with Gasteiger partial charge in [-0.2, -0.15) is 0 Å². The monoisotopic (exact) mass is 938 g/mol. The zero-order valence-electron chi connectivity index (χ0n) is 42.7. The number of aryl methyl sites for hydroxylation is 4. The fourth-order valence-electron chi connectivity index (χ4n) is 6.98. The van der Waals surface area contributed by atoms with E-state index >= 15 is 0 Å². The van der Waals surface area contributed by atoms with Crippen LogP contribution in [0, 0.1) is 39.5 Å². The molecule has 0 bridgehead atoms. The number of aromatic nitrogens is 3. The summed E-state index contributed by atoms with van der Waals surface area (Å²) in [7, 11) is 0. The van der Waals surface area contributed by atoms with E-state index in [1.165, 1.54) is 24.4 Å². The van der Waals surface area contributed by atoms with Gasteiger partial charge in [-0.25, -0.2) is 4.98 Å². The fraction of sp³-hybridized carbons (Fsp3) is 0.0755. The minimum Gasteiger partial charge on any atom is -0.486 e. The van der Waals surface area contributed by atoms with Crippen LogP contribution in [0.25, 0.3) is 88.7 Å². The molecule has 0 amide bonds. The van der Waals surface area contributed by atoms with E-state index in [0.29, 0.717) is 55.6 Å². The van der Waals surface area contributed by atoms with Crippen molar-refractivity contribution in [3.05, 3.63) is 199 Å². The molecular weight excluding hydrogens is 887 g/mol. The largest absolute Gasteiger partial charge is 0.486 e. The molecule has 0 spiro atoms. The average Bonchev–Trinajstić information content (AvgIpc) is 3.71. The fourth-order valence-corrected chi connectivity index (χ4v) is 6.98. The Morgan fingerprint density at radius 1 is 0.586 bits per heavy atom. The van der Waals surface area contributed by atoms with E-state index in [2.05, 4.69) is 27.1 Å². The van der Waals surface area contributed by atoms with Crippen molar-refractivity contribution in [2.24, 2.45) is 0 Å². The van der Waals surface area contributed by atoms with E-state index in [-0.39, 0.29) is 48.2 Å². The Kier molecular flexibility index (Phi) is 7.52. The van der Waals surface area contributed by atoms with Gasteiger partial charge in [0.1, 0.15) is 0 Å². The van der Waals surface area contributed by atoms with Crippen LogP contribution >= 0.6 is 0 Å². The summed E-state index contributed by atoms with van der Waals surface area (Å²) < 4.78 is 100. The molecule has 5 heteroatoms. The molecule has 0 aliphatic carbocycles. The van der Waals surface area contributed by atoms with Gasteiger partial charge in [0.05, 0.1) is 5.58 Å². The van der Waals surface area contributed by atoms with Crippen molar-refractivity contribution in [1.82, 2.24) is 15.0 Å². The van der Waals surface area contributed by atoms with Crippen LogP contribution in [0.4, 0.5) is 0 Å². The molecule has 0 unspecified atom stereocenters. The van der Waals surface area contributed by atoms with Crippen molar-refractivity contribution in [1.29, 1.82) is 0 Å². The smallest absolute Gasteiger partial charge is 0.216 e. The van der Waals surface area contributed by atoms with Crippen molar-refractivity contribution >= 4 is 32.8 Å². The molecule has 0 fully saturated rings. The molecule has 4 aromatic heterocycles. The number of furan rings is 1. The Hall–Kier alpha value is -6.52. The normalized spacial score (nSPS) is 14.9. The predicted octanol–water partition coefficient (Wildman–Crippen LogP) is 13.8. The standard InChI is InChI=1S/C34H23N2O.C19H16N.Ir/c1-21-11-14-30-29-9-6-10-31(33(29)37-34(30)36-21)32-20-26(17-18-35-32)28-16-13-25-19-24(12-15-27(25)22(28)2)23-7-4-3-5-8-23;1-14-8-11-19(20-13-14)17-10-9-15(2)18(12-17)16-6-4-3-5-7-16;/h3-9,11-20H,1-2H3;3-9,11-13H,1-2H3;/q2*-1;/i2*1D3,2D3;. The second kappa shape index (κ2) is 16.5. The van der Waals surface area contributed by atoms with Crippen LogP contribution in [-0.4, -0.2) is 15.0 Å². The van der Waals surface area contributed by atoms with Gasteiger partial charge in [0.15, 0.2) is 0 Å². The minimum absolute atomic E-state index is 0. The van der Waals surface area contributed by atoms with E-state index in [1.54, 1.807) is 36.5 Å². The van der Waals surface area contributed by atoms with Gasteiger partial charge in [0, 0.05) is 60.0 Å². The van der Waals surface area contributed by atoms with Gasteiger partial charge in [-0.1, -0.05) is 126 Å². The molecule has 0 aliphatic rings. The maximum atomic E-state index is 8.46. The predicted molar refractivity (Wildman–Crippen MR) is 235 cm³/mol. The van der Waals surface area contributed by atoms with Crippen molar-refractivity contribution in [3.8, 4) is 55.9 Å². The zero-order valence-corrected chi connectivity index (χ0v) is 33.1. The quantitative estimate of drug-likeness (QED) is 0.161. The molecular formula is C53H39IrN3O-2.